The summed E-state index contributed by atoms with van der Waals surface area (Å²) in [4.78, 5) is 24.4. The highest BCUT2D eigenvalue weighted by atomic mass is 35.5. The van der Waals surface area contributed by atoms with Gasteiger partial charge in [-0.3, -0.25) is 9.59 Å². The highest BCUT2D eigenvalue weighted by Crippen LogP contribution is 2.63. The summed E-state index contributed by atoms with van der Waals surface area (Å²) in [6.07, 6.45) is -4.05. The van der Waals surface area contributed by atoms with Gasteiger partial charge in [0.2, 0.25) is 11.8 Å². The lowest BCUT2D eigenvalue weighted by molar-refractivity contribution is -0.158. The van der Waals surface area contributed by atoms with Crippen LogP contribution in [-0.4, -0.2) is 46.4 Å². The van der Waals surface area contributed by atoms with Crippen LogP contribution in [0.3, 0.4) is 0 Å². The number of hydrogen-bond acceptors (Lipinski definition) is 2. The van der Waals surface area contributed by atoms with Crippen LogP contribution in [0.5, 0.6) is 0 Å². The first-order chi connectivity index (χ1) is 8.96. The van der Waals surface area contributed by atoms with E-state index in [2.05, 4.69) is 5.32 Å². The van der Waals surface area contributed by atoms with Crippen LogP contribution in [-0.2, 0) is 9.59 Å². The van der Waals surface area contributed by atoms with Crippen LogP contribution in [0.15, 0.2) is 0 Å². The molecule has 1 saturated heterocycles. The van der Waals surface area contributed by atoms with Crippen molar-refractivity contribution in [2.24, 2.45) is 5.41 Å². The second kappa shape index (κ2) is 4.66. The first kappa shape index (κ1) is 15.7. The van der Waals surface area contributed by atoms with Crippen LogP contribution < -0.4 is 5.32 Å². The van der Waals surface area contributed by atoms with Gasteiger partial charge in [0, 0.05) is 6.54 Å². The van der Waals surface area contributed by atoms with Gasteiger partial charge in [0.25, 0.3) is 0 Å². The van der Waals surface area contributed by atoms with E-state index < -0.39 is 40.3 Å². The summed E-state index contributed by atoms with van der Waals surface area (Å²) in [6, 6.07) is -0.939. The molecule has 0 aromatic heterocycles. The van der Waals surface area contributed by atoms with Crippen LogP contribution >= 0.6 is 23.2 Å². The van der Waals surface area contributed by atoms with Crippen molar-refractivity contribution in [2.45, 2.75) is 36.3 Å². The van der Waals surface area contributed by atoms with E-state index in [9.17, 15) is 22.8 Å². The number of alkyl halides is 5. The molecule has 0 radical (unpaired) electrons. The smallest absolute Gasteiger partial charge is 0.344 e. The molecule has 0 aromatic rings. The zero-order valence-electron chi connectivity index (χ0n) is 10.6. The van der Waals surface area contributed by atoms with E-state index in [1.165, 1.54) is 0 Å². The number of carbonyl (C=O) groups is 2. The lowest BCUT2D eigenvalue weighted by Crippen LogP contribution is -2.46. The Morgan fingerprint density at radius 2 is 2.05 bits per heavy atom. The van der Waals surface area contributed by atoms with Crippen molar-refractivity contribution in [1.82, 2.24) is 10.2 Å². The summed E-state index contributed by atoms with van der Waals surface area (Å²) < 4.78 is 35.6. The Labute approximate surface area is 123 Å². The molecule has 0 spiro atoms. The Bertz CT molecular complexity index is 455. The number of nitrogens with zero attached hydrogens (tertiary/aromatic N) is 1. The zero-order valence-corrected chi connectivity index (χ0v) is 12.1. The summed E-state index contributed by atoms with van der Waals surface area (Å²) in [5.74, 6) is -1.23. The highest BCUT2D eigenvalue weighted by molar-refractivity contribution is 6.53. The number of carbonyl (C=O) groups excluding carboxylic acids is 2. The van der Waals surface area contributed by atoms with Gasteiger partial charge < -0.3 is 10.2 Å². The number of rotatable bonds is 3. The molecule has 1 aliphatic heterocycles. The molecule has 2 atom stereocenters. The third-order valence-electron chi connectivity index (χ3n) is 3.73. The molecule has 114 valence electrons. The van der Waals surface area contributed by atoms with Crippen LogP contribution in [0.4, 0.5) is 13.2 Å². The van der Waals surface area contributed by atoms with Gasteiger partial charge in [0.05, 0.1) is 5.41 Å². The molecule has 1 N–H and O–H groups in total. The Morgan fingerprint density at radius 3 is 2.50 bits per heavy atom. The van der Waals surface area contributed by atoms with E-state index in [0.29, 0.717) is 4.90 Å². The van der Waals surface area contributed by atoms with Crippen LogP contribution in [0.25, 0.3) is 0 Å². The lowest BCUT2D eigenvalue weighted by Gasteiger charge is -2.20. The molecule has 1 saturated carbocycles. The monoisotopic (exact) mass is 332 g/mol. The first-order valence-electron chi connectivity index (χ1n) is 6.01. The Hall–Kier alpha value is -0.690. The van der Waals surface area contributed by atoms with E-state index in [0.717, 1.165) is 0 Å². The van der Waals surface area contributed by atoms with Gasteiger partial charge in [-0.1, -0.05) is 0 Å². The summed E-state index contributed by atoms with van der Waals surface area (Å²) in [6.45, 7) is 0.215. The zero-order chi connectivity index (χ0) is 15.3. The fourth-order valence-corrected chi connectivity index (χ4v) is 2.92. The van der Waals surface area contributed by atoms with Crippen molar-refractivity contribution in [2.75, 3.05) is 13.1 Å². The van der Waals surface area contributed by atoms with Crippen LogP contribution in [0, 0.1) is 5.41 Å². The van der Waals surface area contributed by atoms with E-state index >= 15 is 0 Å². The van der Waals surface area contributed by atoms with Crippen LogP contribution in [0.2, 0.25) is 0 Å². The first-order valence-corrected chi connectivity index (χ1v) is 6.76. The van der Waals surface area contributed by atoms with E-state index in [4.69, 9.17) is 23.2 Å². The third-order valence-corrected chi connectivity index (χ3v) is 4.83. The summed E-state index contributed by atoms with van der Waals surface area (Å²) in [7, 11) is 0. The molecule has 1 heterocycles. The van der Waals surface area contributed by atoms with Crippen LogP contribution in [0.1, 0.15) is 19.8 Å². The number of amides is 2. The third kappa shape index (κ3) is 2.83. The maximum absolute atomic E-state index is 12.3. The van der Waals surface area contributed by atoms with Gasteiger partial charge in [-0.05, 0) is 19.8 Å². The minimum atomic E-state index is -4.45. The van der Waals surface area contributed by atoms with Crippen molar-refractivity contribution >= 4 is 35.0 Å². The normalized spacial score (nSPS) is 32.4. The number of nitrogens with one attached hydrogen (secondary N) is 1. The molecule has 2 aliphatic rings. The molecule has 0 unspecified atom stereocenters. The number of hydrogen-bond donors (Lipinski definition) is 1. The quantitative estimate of drug-likeness (QED) is 0.802. The predicted octanol–water partition coefficient (Wildman–Crippen LogP) is 1.85. The van der Waals surface area contributed by atoms with Gasteiger partial charge >= 0.3 is 6.18 Å². The molecule has 2 amide bonds. The number of halogens is 5. The van der Waals surface area contributed by atoms with Gasteiger partial charge in [0.1, 0.15) is 16.9 Å². The molecular formula is C11H13Cl2F3N2O2. The summed E-state index contributed by atoms with van der Waals surface area (Å²) in [5, 5.41) is 2.44. The highest BCUT2D eigenvalue weighted by Gasteiger charge is 2.68. The molecule has 2 fully saturated rings. The van der Waals surface area contributed by atoms with E-state index in [1.54, 1.807) is 6.92 Å². The van der Waals surface area contributed by atoms with E-state index in [-0.39, 0.29) is 19.4 Å². The molecule has 9 heteroatoms. The van der Waals surface area contributed by atoms with Crippen molar-refractivity contribution in [3.8, 4) is 0 Å². The SMILES string of the molecule is C[C@@]1(C(=O)N[C@@H]2CCN(CC(F)(F)F)C2=O)CC1(Cl)Cl. The molecular weight excluding hydrogens is 320 g/mol. The fraction of sp³-hybridized carbons (Fsp3) is 0.818. The molecule has 0 bridgehead atoms. The number of likely N-dealkylation sites (tertiary alicyclic amines) is 1. The van der Waals surface area contributed by atoms with Crippen molar-refractivity contribution in [3.05, 3.63) is 0 Å². The second-order valence-electron chi connectivity index (χ2n) is 5.40. The fourth-order valence-electron chi connectivity index (χ4n) is 2.21. The second-order valence-corrected chi connectivity index (χ2v) is 6.89. The molecule has 20 heavy (non-hydrogen) atoms. The maximum Gasteiger partial charge on any atom is 0.406 e. The van der Waals surface area contributed by atoms with Gasteiger partial charge in [-0.2, -0.15) is 13.2 Å². The van der Waals surface area contributed by atoms with Crippen molar-refractivity contribution in [3.63, 3.8) is 0 Å². The molecule has 0 aromatic carbocycles. The summed E-state index contributed by atoms with van der Waals surface area (Å²) >= 11 is 11.7. The summed E-state index contributed by atoms with van der Waals surface area (Å²) in [5.41, 5.74) is -0.992. The Kier molecular flexibility index (Phi) is 3.66. The van der Waals surface area contributed by atoms with Gasteiger partial charge in [-0.15, -0.1) is 23.2 Å². The standard InChI is InChI=1S/C11H13Cl2F3N2O2/c1-9(4-10(9,12)13)8(20)17-6-2-3-18(7(6)19)5-11(14,15)16/h6H,2-5H2,1H3,(H,17,20)/t6-,9+/m1/s1. The van der Waals surface area contributed by atoms with Gasteiger partial charge in [0.15, 0.2) is 0 Å². The molecule has 4 nitrogen and oxygen atoms in total. The van der Waals surface area contributed by atoms with Crippen molar-refractivity contribution in [1.29, 1.82) is 0 Å². The average Bonchev–Trinajstić information content (AvgIpc) is 2.63. The predicted molar refractivity (Wildman–Crippen MR) is 66.3 cm³/mol. The lowest BCUT2D eigenvalue weighted by atomic mass is 10.1. The molecule has 2 rings (SSSR count). The largest absolute Gasteiger partial charge is 0.406 e. The van der Waals surface area contributed by atoms with E-state index in [1.807, 2.05) is 0 Å². The molecule has 1 aliphatic carbocycles. The Morgan fingerprint density at radius 1 is 1.50 bits per heavy atom. The topological polar surface area (TPSA) is 49.4 Å². The minimum absolute atomic E-state index is 0.0348. The van der Waals surface area contributed by atoms with Crippen molar-refractivity contribution < 1.29 is 22.8 Å². The average molecular weight is 333 g/mol. The Balaban J connectivity index is 1.93. The van der Waals surface area contributed by atoms with Gasteiger partial charge in [-0.25, -0.2) is 0 Å². The minimum Gasteiger partial charge on any atom is -0.344 e. The maximum atomic E-state index is 12.3.